The van der Waals surface area contributed by atoms with E-state index in [1.165, 1.54) is 18.3 Å². The monoisotopic (exact) mass is 503 g/mol. The molecule has 184 valence electrons. The highest BCUT2D eigenvalue weighted by molar-refractivity contribution is 6.30. The van der Waals surface area contributed by atoms with Crippen molar-refractivity contribution in [3.8, 4) is 5.75 Å². The van der Waals surface area contributed by atoms with E-state index in [0.717, 1.165) is 18.1 Å². The predicted molar refractivity (Wildman–Crippen MR) is 123 cm³/mol. The van der Waals surface area contributed by atoms with Gasteiger partial charge in [0, 0.05) is 42.9 Å². The Balaban J connectivity index is 1.23. The number of piperidine rings is 1. The van der Waals surface area contributed by atoms with Crippen LogP contribution in [-0.2, 0) is 13.1 Å². The van der Waals surface area contributed by atoms with E-state index in [9.17, 15) is 14.3 Å². The van der Waals surface area contributed by atoms with Crippen LogP contribution in [0.25, 0.3) is 5.65 Å². The van der Waals surface area contributed by atoms with Crippen LogP contribution in [-0.4, -0.2) is 72.9 Å². The number of benzene rings is 1. The minimum atomic E-state index is -1.30. The zero-order valence-corrected chi connectivity index (χ0v) is 19.5. The standard InChI is InChI=1S/C24H24ClF2N5O3/c25-13-9-28-23-17-11-30(12-18(17)29-32(23)10-13)24(34)16-3-1-14(26)7-20(16)35-21-8-15-2-4-19(22(21)27)31(15)5-6-33/h1,3,7,9-10,15,19,21-22,33H,2,4-6,8,11-12H2/t15-,19-,21+,22?/m0/s1. The molecule has 8 nitrogen and oxygen atoms in total. The van der Waals surface area contributed by atoms with E-state index in [-0.39, 0.29) is 42.5 Å². The van der Waals surface area contributed by atoms with E-state index in [1.54, 1.807) is 15.6 Å². The summed E-state index contributed by atoms with van der Waals surface area (Å²) in [6.07, 6.45) is 3.04. The molecule has 4 atom stereocenters. The van der Waals surface area contributed by atoms with Crippen LogP contribution in [0, 0.1) is 5.82 Å². The summed E-state index contributed by atoms with van der Waals surface area (Å²) in [6, 6.07) is 3.50. The zero-order chi connectivity index (χ0) is 24.3. The second kappa shape index (κ2) is 8.69. The number of aliphatic hydroxyl groups excluding tert-OH is 1. The Morgan fingerprint density at radius 2 is 2.14 bits per heavy atom. The molecule has 1 aromatic carbocycles. The first-order valence-electron chi connectivity index (χ1n) is 11.7. The molecule has 1 amide bonds. The van der Waals surface area contributed by atoms with Gasteiger partial charge in [-0.1, -0.05) is 11.6 Å². The Bertz CT molecular complexity index is 1300. The number of rotatable bonds is 5. The fourth-order valence-corrected chi connectivity index (χ4v) is 5.89. The first-order valence-corrected chi connectivity index (χ1v) is 12.1. The number of halogens is 3. The van der Waals surface area contributed by atoms with Gasteiger partial charge >= 0.3 is 0 Å². The molecule has 35 heavy (non-hydrogen) atoms. The van der Waals surface area contributed by atoms with Crippen LogP contribution >= 0.6 is 11.6 Å². The lowest BCUT2D eigenvalue weighted by Gasteiger charge is -2.41. The first-order chi connectivity index (χ1) is 16.9. The lowest BCUT2D eigenvalue weighted by atomic mass is 9.97. The van der Waals surface area contributed by atoms with Crippen molar-refractivity contribution in [1.82, 2.24) is 24.4 Å². The van der Waals surface area contributed by atoms with Gasteiger partial charge in [-0.3, -0.25) is 9.69 Å². The minimum Gasteiger partial charge on any atom is -0.486 e. The van der Waals surface area contributed by atoms with Gasteiger partial charge in [-0.15, -0.1) is 0 Å². The predicted octanol–water partition coefficient (Wildman–Crippen LogP) is 2.99. The molecule has 2 fully saturated rings. The van der Waals surface area contributed by atoms with Crippen LogP contribution in [0.4, 0.5) is 8.78 Å². The van der Waals surface area contributed by atoms with E-state index in [0.29, 0.717) is 42.3 Å². The summed E-state index contributed by atoms with van der Waals surface area (Å²) in [4.78, 5) is 21.4. The molecule has 11 heteroatoms. The quantitative estimate of drug-likeness (QED) is 0.576. The second-order valence-electron chi connectivity index (χ2n) is 9.36. The minimum absolute atomic E-state index is 0.0283. The molecule has 2 aromatic heterocycles. The molecule has 6 rings (SSSR count). The number of hydrogen-bond donors (Lipinski definition) is 1. The Morgan fingerprint density at radius 3 is 2.97 bits per heavy atom. The number of alkyl halides is 1. The van der Waals surface area contributed by atoms with Crippen LogP contribution in [0.15, 0.2) is 30.6 Å². The summed E-state index contributed by atoms with van der Waals surface area (Å²) in [7, 11) is 0. The summed E-state index contributed by atoms with van der Waals surface area (Å²) in [5.74, 6) is -0.862. The number of ether oxygens (including phenoxy) is 1. The SMILES string of the molecule is O=C(c1ccc(F)cc1O[C@@H]1C[C@@H]2CC[C@@H](C1F)N2CCO)N1Cc2nn3cc(Cl)cnc3c2C1. The molecule has 0 aliphatic carbocycles. The topological polar surface area (TPSA) is 83.2 Å². The average Bonchev–Trinajstić information content (AvgIpc) is 3.48. The van der Waals surface area contributed by atoms with Gasteiger partial charge in [0.25, 0.3) is 5.91 Å². The molecule has 3 aromatic rings. The van der Waals surface area contributed by atoms with Crippen LogP contribution in [0.3, 0.4) is 0 Å². The fourth-order valence-electron chi connectivity index (χ4n) is 5.75. The molecule has 2 bridgehead atoms. The summed E-state index contributed by atoms with van der Waals surface area (Å²) < 4.78 is 37.2. The molecule has 3 aliphatic heterocycles. The van der Waals surface area contributed by atoms with Crippen molar-refractivity contribution < 1.29 is 23.4 Å². The van der Waals surface area contributed by atoms with Crippen molar-refractivity contribution in [3.05, 3.63) is 58.3 Å². The highest BCUT2D eigenvalue weighted by Gasteiger charge is 2.48. The molecule has 1 unspecified atom stereocenters. The Labute approximate surface area is 205 Å². The number of aliphatic hydroxyl groups is 1. The van der Waals surface area contributed by atoms with Crippen molar-refractivity contribution in [2.45, 2.75) is 56.7 Å². The first kappa shape index (κ1) is 22.6. The Hall–Kier alpha value is -2.82. The van der Waals surface area contributed by atoms with Gasteiger partial charge < -0.3 is 14.7 Å². The number of carbonyl (C=O) groups excluding carboxylic acids is 1. The van der Waals surface area contributed by atoms with Gasteiger partial charge in [0.1, 0.15) is 17.7 Å². The van der Waals surface area contributed by atoms with Gasteiger partial charge in [0.15, 0.2) is 11.8 Å². The summed E-state index contributed by atoms with van der Waals surface area (Å²) in [5.41, 5.74) is 2.35. The third kappa shape index (κ3) is 3.84. The Morgan fingerprint density at radius 1 is 1.29 bits per heavy atom. The van der Waals surface area contributed by atoms with Gasteiger partial charge in [-0.05, 0) is 25.0 Å². The number of aromatic nitrogens is 3. The van der Waals surface area contributed by atoms with Crippen molar-refractivity contribution in [1.29, 1.82) is 0 Å². The van der Waals surface area contributed by atoms with E-state index >= 15 is 4.39 Å². The molecule has 2 saturated heterocycles. The van der Waals surface area contributed by atoms with Crippen molar-refractivity contribution in [2.75, 3.05) is 13.2 Å². The van der Waals surface area contributed by atoms with Crippen LogP contribution in [0.1, 0.15) is 40.9 Å². The highest BCUT2D eigenvalue weighted by Crippen LogP contribution is 2.39. The molecule has 3 aliphatic rings. The number of hydrogen-bond acceptors (Lipinski definition) is 6. The number of fused-ring (bicyclic) bond motifs is 5. The van der Waals surface area contributed by atoms with E-state index < -0.39 is 18.1 Å². The molecule has 0 spiro atoms. The lowest BCUT2D eigenvalue weighted by molar-refractivity contribution is -0.0279. The van der Waals surface area contributed by atoms with Crippen LogP contribution in [0.5, 0.6) is 5.75 Å². The van der Waals surface area contributed by atoms with Crippen molar-refractivity contribution in [2.24, 2.45) is 0 Å². The molecule has 0 radical (unpaired) electrons. The van der Waals surface area contributed by atoms with Crippen molar-refractivity contribution >= 4 is 23.2 Å². The Kier molecular flexibility index (Phi) is 5.62. The normalized spacial score (nSPS) is 25.9. The van der Waals surface area contributed by atoms with Crippen LogP contribution < -0.4 is 4.74 Å². The molecule has 0 saturated carbocycles. The smallest absolute Gasteiger partial charge is 0.258 e. The van der Waals surface area contributed by atoms with E-state index in [1.807, 2.05) is 4.90 Å². The van der Waals surface area contributed by atoms with Crippen molar-refractivity contribution in [3.63, 3.8) is 0 Å². The van der Waals surface area contributed by atoms with E-state index in [2.05, 4.69) is 10.1 Å². The van der Waals surface area contributed by atoms with Crippen LogP contribution in [0.2, 0.25) is 5.02 Å². The average molecular weight is 504 g/mol. The molecule has 1 N–H and O–H groups in total. The number of amides is 1. The third-order valence-corrected chi connectivity index (χ3v) is 7.52. The van der Waals surface area contributed by atoms with E-state index in [4.69, 9.17) is 16.3 Å². The number of carbonyl (C=O) groups is 1. The number of nitrogens with zero attached hydrogens (tertiary/aromatic N) is 5. The fraction of sp³-hybridized carbons (Fsp3) is 0.458. The third-order valence-electron chi connectivity index (χ3n) is 7.32. The second-order valence-corrected chi connectivity index (χ2v) is 9.80. The zero-order valence-electron chi connectivity index (χ0n) is 18.8. The maximum Gasteiger partial charge on any atom is 0.258 e. The van der Waals surface area contributed by atoms with Gasteiger partial charge in [0.2, 0.25) is 0 Å². The summed E-state index contributed by atoms with van der Waals surface area (Å²) >= 11 is 5.99. The van der Waals surface area contributed by atoms with Gasteiger partial charge in [-0.25, -0.2) is 18.3 Å². The molecular weight excluding hydrogens is 480 g/mol. The maximum atomic E-state index is 15.4. The summed E-state index contributed by atoms with van der Waals surface area (Å²) in [5, 5.41) is 14.3. The summed E-state index contributed by atoms with van der Waals surface area (Å²) in [6.45, 7) is 0.950. The molecule has 5 heterocycles. The maximum absolute atomic E-state index is 15.4. The molecular formula is C24H24ClF2N5O3. The highest BCUT2D eigenvalue weighted by atomic mass is 35.5. The van der Waals surface area contributed by atoms with Gasteiger partial charge in [0.05, 0.1) is 42.2 Å². The van der Waals surface area contributed by atoms with Gasteiger partial charge in [-0.2, -0.15) is 5.10 Å². The largest absolute Gasteiger partial charge is 0.486 e. The lowest BCUT2D eigenvalue weighted by Crippen LogP contribution is -2.54.